The number of aliphatic hydroxyl groups is 1. The molecular weight excluding hydrogens is 444 g/mol. The van der Waals surface area contributed by atoms with Crippen LogP contribution >= 0.6 is 7.37 Å². The van der Waals surface area contributed by atoms with Gasteiger partial charge in [0.15, 0.2) is 0 Å². The lowest BCUT2D eigenvalue weighted by molar-refractivity contribution is -0.138. The second-order valence-electron chi connectivity index (χ2n) is 8.13. The van der Waals surface area contributed by atoms with Gasteiger partial charge in [0.25, 0.3) is 0 Å². The number of para-hydroxylation sites is 1. The van der Waals surface area contributed by atoms with Crippen molar-refractivity contribution >= 4 is 30.3 Å². The molecule has 6 nitrogen and oxygen atoms in total. The second kappa shape index (κ2) is 10.4. The first-order chi connectivity index (χ1) is 15.6. The molecule has 2 atom stereocenters. The smallest absolute Gasteiger partial charge is 0.305 e. The van der Waals surface area contributed by atoms with Crippen molar-refractivity contribution in [2.45, 2.75) is 32.3 Å². The molecule has 0 aliphatic carbocycles. The Labute approximate surface area is 192 Å². The first kappa shape index (κ1) is 24.8. The monoisotopic (exact) mass is 471 g/mol. The van der Waals surface area contributed by atoms with Crippen LogP contribution in [0.15, 0.2) is 54.3 Å². The Morgan fingerprint density at radius 2 is 1.85 bits per heavy atom. The van der Waals surface area contributed by atoms with Gasteiger partial charge in [0.1, 0.15) is 5.82 Å². The molecule has 1 heterocycles. The van der Waals surface area contributed by atoms with Crippen LogP contribution in [0.2, 0.25) is 0 Å². The highest BCUT2D eigenvalue weighted by Gasteiger charge is 2.25. The highest BCUT2D eigenvalue weighted by atomic mass is 31.2. The molecule has 2 aromatic carbocycles. The molecule has 3 aromatic rings. The van der Waals surface area contributed by atoms with Gasteiger partial charge >= 0.3 is 5.97 Å². The summed E-state index contributed by atoms with van der Waals surface area (Å²) in [5, 5.41) is 19.9. The van der Waals surface area contributed by atoms with Crippen LogP contribution in [0.3, 0.4) is 0 Å². The Bertz CT molecular complexity index is 1220. The van der Waals surface area contributed by atoms with E-state index < -0.39 is 25.9 Å². The van der Waals surface area contributed by atoms with E-state index in [1.54, 1.807) is 18.2 Å². The number of benzene rings is 2. The molecule has 0 saturated heterocycles. The molecule has 0 amide bonds. The minimum atomic E-state index is -3.49. The fourth-order valence-corrected chi connectivity index (χ4v) is 5.30. The maximum absolute atomic E-state index is 13.6. The number of carboxylic acids is 1. The number of fused-ring (bicyclic) bond motifs is 1. The van der Waals surface area contributed by atoms with Gasteiger partial charge < -0.3 is 14.7 Å². The van der Waals surface area contributed by atoms with Gasteiger partial charge in [0, 0.05) is 29.4 Å². The Kier molecular flexibility index (Phi) is 7.80. The van der Waals surface area contributed by atoms with E-state index in [9.17, 15) is 18.9 Å². The van der Waals surface area contributed by atoms with Crippen molar-refractivity contribution < 1.29 is 28.5 Å². The summed E-state index contributed by atoms with van der Waals surface area (Å²) >= 11 is 0. The number of rotatable bonds is 9. The molecule has 0 radical (unpaired) electrons. The number of hydrogen-bond donors (Lipinski definition) is 2. The highest BCUT2D eigenvalue weighted by Crippen LogP contribution is 2.50. The minimum absolute atomic E-state index is 0.0799. The number of nitrogens with zero attached hydrogens (tertiary/aromatic N) is 1. The molecule has 0 spiro atoms. The van der Waals surface area contributed by atoms with Crippen molar-refractivity contribution in [1.29, 1.82) is 0 Å². The molecule has 3 rings (SSSR count). The van der Waals surface area contributed by atoms with E-state index in [-0.39, 0.29) is 17.9 Å². The van der Waals surface area contributed by atoms with Crippen molar-refractivity contribution in [1.82, 2.24) is 4.98 Å². The number of aromatic nitrogens is 1. The quantitative estimate of drug-likeness (QED) is 0.378. The fraction of sp³-hybridized carbons (Fsp3) is 0.280. The van der Waals surface area contributed by atoms with Gasteiger partial charge in [-0.1, -0.05) is 32.0 Å². The fourth-order valence-electron chi connectivity index (χ4n) is 3.81. The normalized spacial score (nSPS) is 14.6. The molecule has 2 N–H and O–H groups in total. The second-order valence-corrected chi connectivity index (χ2v) is 10.6. The topological polar surface area (TPSA) is 96.7 Å². The molecule has 174 valence electrons. The number of carbonyl (C=O) groups is 1. The average Bonchev–Trinajstić information content (AvgIpc) is 2.76. The maximum atomic E-state index is 13.6. The zero-order chi connectivity index (χ0) is 24.2. The molecule has 0 aliphatic rings. The summed E-state index contributed by atoms with van der Waals surface area (Å²) < 4.78 is 32.0. The van der Waals surface area contributed by atoms with Crippen molar-refractivity contribution in [3.05, 3.63) is 71.3 Å². The predicted octanol–water partition coefficient (Wildman–Crippen LogP) is 5.90. The molecule has 1 aromatic heterocycles. The van der Waals surface area contributed by atoms with Crippen LogP contribution in [-0.4, -0.2) is 40.5 Å². The van der Waals surface area contributed by atoms with E-state index in [1.807, 2.05) is 38.1 Å². The SMILES string of the molecule is COP(=O)(/C=C/c1c(-c2ccc(F)cc2)nc2ccccc2c1C(C)C)C[C@@H](O)CC(=O)O. The summed E-state index contributed by atoms with van der Waals surface area (Å²) in [5.74, 6) is -0.0789. The summed E-state index contributed by atoms with van der Waals surface area (Å²) in [4.78, 5) is 15.7. The van der Waals surface area contributed by atoms with Crippen molar-refractivity contribution in [2.75, 3.05) is 13.3 Å². The third-order valence-corrected chi connectivity index (χ3v) is 7.47. The summed E-state index contributed by atoms with van der Waals surface area (Å²) in [5.41, 5.74) is 3.76. The van der Waals surface area contributed by atoms with Crippen LogP contribution in [0.5, 0.6) is 0 Å². The number of halogens is 1. The molecule has 0 saturated carbocycles. The van der Waals surface area contributed by atoms with Gasteiger partial charge in [-0.2, -0.15) is 0 Å². The molecule has 33 heavy (non-hydrogen) atoms. The van der Waals surface area contributed by atoms with Gasteiger partial charge in [0.05, 0.1) is 29.9 Å². The largest absolute Gasteiger partial charge is 0.481 e. The summed E-state index contributed by atoms with van der Waals surface area (Å²) in [7, 11) is -2.22. The summed E-state index contributed by atoms with van der Waals surface area (Å²) in [6.45, 7) is 4.08. The highest BCUT2D eigenvalue weighted by molar-refractivity contribution is 7.62. The van der Waals surface area contributed by atoms with E-state index in [1.165, 1.54) is 25.1 Å². The zero-order valence-electron chi connectivity index (χ0n) is 18.7. The van der Waals surface area contributed by atoms with Crippen LogP contribution in [0.4, 0.5) is 4.39 Å². The number of pyridine rings is 1. The van der Waals surface area contributed by atoms with Crippen LogP contribution in [-0.2, 0) is 13.9 Å². The molecule has 0 fully saturated rings. The first-order valence-corrected chi connectivity index (χ1v) is 12.4. The third kappa shape index (κ3) is 5.93. The molecular formula is C25H27FNO5P. The number of aliphatic carboxylic acids is 1. The average molecular weight is 471 g/mol. The van der Waals surface area contributed by atoms with Crippen LogP contribution in [0, 0.1) is 5.82 Å². The Morgan fingerprint density at radius 1 is 1.18 bits per heavy atom. The number of hydrogen-bond acceptors (Lipinski definition) is 5. The number of carboxylic acid groups (broad SMARTS) is 1. The van der Waals surface area contributed by atoms with Crippen LogP contribution in [0.25, 0.3) is 28.2 Å². The van der Waals surface area contributed by atoms with Gasteiger partial charge in [-0.25, -0.2) is 9.37 Å². The standard InChI is InChI=1S/C25H27FNO5P/c1-16(2)24-20-6-4-5-7-22(20)27-25(17-8-10-18(26)11-9-17)21(24)12-13-33(31,32-3)15-19(28)14-23(29)30/h4-13,16,19,28H,14-15H2,1-3H3,(H,29,30)/b13-12+/t19-,33?/m0/s1. The Morgan fingerprint density at radius 3 is 2.45 bits per heavy atom. The van der Waals surface area contributed by atoms with E-state index >= 15 is 0 Å². The van der Waals surface area contributed by atoms with Crippen molar-refractivity contribution in [3.8, 4) is 11.3 Å². The van der Waals surface area contributed by atoms with Crippen molar-refractivity contribution in [2.24, 2.45) is 0 Å². The lowest BCUT2D eigenvalue weighted by Gasteiger charge is -2.19. The van der Waals surface area contributed by atoms with E-state index in [2.05, 4.69) is 0 Å². The Hall–Kier alpha value is -2.86. The lowest BCUT2D eigenvalue weighted by atomic mass is 9.90. The summed E-state index contributed by atoms with van der Waals surface area (Å²) in [6.07, 6.45) is -0.508. The minimum Gasteiger partial charge on any atom is -0.481 e. The van der Waals surface area contributed by atoms with Gasteiger partial charge in [-0.3, -0.25) is 9.36 Å². The molecule has 0 bridgehead atoms. The van der Waals surface area contributed by atoms with Gasteiger partial charge in [0.2, 0.25) is 7.37 Å². The third-order valence-electron chi connectivity index (χ3n) is 5.32. The van der Waals surface area contributed by atoms with Crippen LogP contribution in [0.1, 0.15) is 37.3 Å². The molecule has 0 aliphatic heterocycles. The molecule has 8 heteroatoms. The predicted molar refractivity (Wildman–Crippen MR) is 128 cm³/mol. The lowest BCUT2D eigenvalue weighted by Crippen LogP contribution is -2.17. The zero-order valence-corrected chi connectivity index (χ0v) is 19.6. The van der Waals surface area contributed by atoms with E-state index in [0.29, 0.717) is 16.8 Å². The van der Waals surface area contributed by atoms with E-state index in [0.717, 1.165) is 16.5 Å². The number of aliphatic hydroxyl groups excluding tert-OH is 1. The Balaban J connectivity index is 2.19. The maximum Gasteiger partial charge on any atom is 0.305 e. The van der Waals surface area contributed by atoms with E-state index in [4.69, 9.17) is 14.6 Å². The van der Waals surface area contributed by atoms with Gasteiger partial charge in [-0.05, 0) is 47.9 Å². The molecule has 1 unspecified atom stereocenters. The van der Waals surface area contributed by atoms with Gasteiger partial charge in [-0.15, -0.1) is 0 Å². The van der Waals surface area contributed by atoms with Crippen molar-refractivity contribution in [3.63, 3.8) is 0 Å². The summed E-state index contributed by atoms with van der Waals surface area (Å²) in [6, 6.07) is 13.7. The van der Waals surface area contributed by atoms with Crippen LogP contribution < -0.4 is 0 Å². The first-order valence-electron chi connectivity index (χ1n) is 10.6.